The van der Waals surface area contributed by atoms with Crippen LogP contribution >= 0.6 is 11.6 Å². The predicted molar refractivity (Wildman–Crippen MR) is 76.5 cm³/mol. The van der Waals surface area contributed by atoms with Crippen LogP contribution in [0.15, 0.2) is 42.5 Å². The third-order valence-corrected chi connectivity index (χ3v) is 3.19. The van der Waals surface area contributed by atoms with E-state index in [0.29, 0.717) is 5.69 Å². The highest BCUT2D eigenvalue weighted by Crippen LogP contribution is 2.25. The first-order chi connectivity index (χ1) is 9.47. The van der Waals surface area contributed by atoms with Gasteiger partial charge in [-0.15, -0.1) is 0 Å². The topological polar surface area (TPSA) is 55.2 Å². The van der Waals surface area contributed by atoms with Crippen molar-refractivity contribution < 1.29 is 9.31 Å². The van der Waals surface area contributed by atoms with Crippen molar-refractivity contribution in [1.82, 2.24) is 0 Å². The van der Waals surface area contributed by atoms with Gasteiger partial charge >= 0.3 is 0 Å². The van der Waals surface area contributed by atoms with Gasteiger partial charge < -0.3 is 5.32 Å². The maximum atomic E-state index is 13.3. The highest BCUT2D eigenvalue weighted by atomic mass is 35.5. The Morgan fingerprint density at radius 2 is 2.05 bits per heavy atom. The lowest BCUT2D eigenvalue weighted by atomic mass is 10.1. The molecule has 2 rings (SSSR count). The molecule has 1 N–H and O–H groups in total. The summed E-state index contributed by atoms with van der Waals surface area (Å²) in [6, 6.07) is 10.5. The molecular weight excluding hydrogens is 283 g/mol. The average Bonchev–Trinajstić information content (AvgIpc) is 2.43. The summed E-state index contributed by atoms with van der Waals surface area (Å²) in [6.45, 7) is 1.84. The highest BCUT2D eigenvalue weighted by molar-refractivity contribution is 6.30. The summed E-state index contributed by atoms with van der Waals surface area (Å²) >= 11 is 5.61. The number of hydrogen-bond acceptors (Lipinski definition) is 3. The second kappa shape index (κ2) is 5.88. The van der Waals surface area contributed by atoms with Crippen LogP contribution in [0.2, 0.25) is 5.02 Å². The van der Waals surface area contributed by atoms with E-state index in [1.807, 2.05) is 6.92 Å². The molecular formula is C14H12ClFN2O2. The summed E-state index contributed by atoms with van der Waals surface area (Å²) in [5, 5.41) is 13.9. The molecule has 104 valence electrons. The number of halogens is 2. The Bertz CT molecular complexity index is 649. The monoisotopic (exact) mass is 294 g/mol. The van der Waals surface area contributed by atoms with Crippen LogP contribution in [0.5, 0.6) is 0 Å². The van der Waals surface area contributed by atoms with E-state index in [2.05, 4.69) is 5.32 Å². The number of benzene rings is 2. The molecule has 0 heterocycles. The van der Waals surface area contributed by atoms with Crippen LogP contribution in [-0.2, 0) is 0 Å². The number of anilines is 1. The maximum Gasteiger partial charge on any atom is 0.269 e. The zero-order chi connectivity index (χ0) is 14.7. The molecule has 0 aliphatic heterocycles. The van der Waals surface area contributed by atoms with E-state index in [0.717, 1.165) is 5.56 Å². The Labute approximate surface area is 120 Å². The lowest BCUT2D eigenvalue weighted by Gasteiger charge is -2.15. The van der Waals surface area contributed by atoms with Gasteiger partial charge in [-0.05, 0) is 30.7 Å². The van der Waals surface area contributed by atoms with Crippen LogP contribution in [0.3, 0.4) is 0 Å². The number of nitro benzene ring substituents is 1. The van der Waals surface area contributed by atoms with Gasteiger partial charge in [0.1, 0.15) is 5.82 Å². The predicted octanol–water partition coefficient (Wildman–Crippen LogP) is 4.56. The zero-order valence-corrected chi connectivity index (χ0v) is 11.4. The molecule has 0 aliphatic rings. The minimum atomic E-state index is -0.511. The van der Waals surface area contributed by atoms with E-state index in [4.69, 9.17) is 11.6 Å². The Balaban J connectivity index is 2.19. The van der Waals surface area contributed by atoms with Crippen LogP contribution < -0.4 is 5.32 Å². The quantitative estimate of drug-likeness (QED) is 0.664. The molecule has 0 spiro atoms. The van der Waals surface area contributed by atoms with Crippen molar-refractivity contribution in [3.63, 3.8) is 0 Å². The smallest absolute Gasteiger partial charge is 0.269 e. The molecule has 4 nitrogen and oxygen atoms in total. The van der Waals surface area contributed by atoms with Crippen LogP contribution in [0.25, 0.3) is 0 Å². The molecule has 20 heavy (non-hydrogen) atoms. The van der Waals surface area contributed by atoms with Crippen LogP contribution in [0, 0.1) is 15.9 Å². The van der Waals surface area contributed by atoms with Crippen molar-refractivity contribution in [2.45, 2.75) is 13.0 Å². The first kappa shape index (κ1) is 14.3. The molecule has 0 saturated heterocycles. The zero-order valence-electron chi connectivity index (χ0n) is 10.6. The number of nitrogens with zero attached hydrogens (tertiary/aromatic N) is 1. The summed E-state index contributed by atoms with van der Waals surface area (Å²) in [5.74, 6) is -0.511. The summed E-state index contributed by atoms with van der Waals surface area (Å²) in [4.78, 5) is 10.3. The van der Waals surface area contributed by atoms with Gasteiger partial charge in [0.25, 0.3) is 5.69 Å². The Morgan fingerprint density at radius 3 is 2.70 bits per heavy atom. The van der Waals surface area contributed by atoms with Gasteiger partial charge in [-0.3, -0.25) is 10.1 Å². The summed E-state index contributed by atoms with van der Waals surface area (Å²) in [7, 11) is 0. The van der Waals surface area contributed by atoms with Crippen LogP contribution in [0.4, 0.5) is 15.8 Å². The van der Waals surface area contributed by atoms with Gasteiger partial charge in [0, 0.05) is 23.9 Å². The lowest BCUT2D eigenvalue weighted by molar-refractivity contribution is -0.384. The molecule has 0 bridgehead atoms. The maximum absolute atomic E-state index is 13.3. The van der Waals surface area contributed by atoms with Gasteiger partial charge in [-0.2, -0.15) is 0 Å². The molecule has 1 atom stereocenters. The van der Waals surface area contributed by atoms with Gasteiger partial charge in [-0.25, -0.2) is 4.39 Å². The fourth-order valence-corrected chi connectivity index (χ4v) is 1.94. The SMILES string of the molecule is CC(Nc1ccc(Cl)c(F)c1)c1cccc([N+](=O)[O-])c1. The molecule has 2 aromatic carbocycles. The molecule has 0 radical (unpaired) electrons. The van der Waals surface area contributed by atoms with Crippen LogP contribution in [0.1, 0.15) is 18.5 Å². The third kappa shape index (κ3) is 3.24. The fraction of sp³-hybridized carbons (Fsp3) is 0.143. The van der Waals surface area contributed by atoms with Crippen molar-refractivity contribution in [3.05, 3.63) is 69.0 Å². The largest absolute Gasteiger partial charge is 0.378 e. The second-order valence-electron chi connectivity index (χ2n) is 4.35. The van der Waals surface area contributed by atoms with Crippen molar-refractivity contribution in [2.24, 2.45) is 0 Å². The number of nitro groups is 1. The number of rotatable bonds is 4. The third-order valence-electron chi connectivity index (χ3n) is 2.88. The minimum absolute atomic E-state index is 0.0263. The van der Waals surface area contributed by atoms with E-state index >= 15 is 0 Å². The Morgan fingerprint density at radius 1 is 1.30 bits per heavy atom. The van der Waals surface area contributed by atoms with E-state index < -0.39 is 10.7 Å². The summed E-state index contributed by atoms with van der Waals surface area (Å²) < 4.78 is 13.3. The molecule has 0 aliphatic carbocycles. The van der Waals surface area contributed by atoms with E-state index in [1.165, 1.54) is 24.3 Å². The minimum Gasteiger partial charge on any atom is -0.378 e. The second-order valence-corrected chi connectivity index (χ2v) is 4.75. The number of hydrogen-bond donors (Lipinski definition) is 1. The van der Waals surface area contributed by atoms with Crippen molar-refractivity contribution >= 4 is 23.0 Å². The molecule has 1 unspecified atom stereocenters. The Hall–Kier alpha value is -2.14. The fourth-order valence-electron chi connectivity index (χ4n) is 1.83. The highest BCUT2D eigenvalue weighted by Gasteiger charge is 2.11. The van der Waals surface area contributed by atoms with Gasteiger partial charge in [0.05, 0.1) is 9.95 Å². The molecule has 2 aromatic rings. The van der Waals surface area contributed by atoms with Gasteiger partial charge in [0.15, 0.2) is 0 Å². The molecule has 0 aromatic heterocycles. The van der Waals surface area contributed by atoms with Gasteiger partial charge in [0.2, 0.25) is 0 Å². The van der Waals surface area contributed by atoms with E-state index in [1.54, 1.807) is 18.2 Å². The molecule has 0 fully saturated rings. The first-order valence-corrected chi connectivity index (χ1v) is 6.31. The lowest BCUT2D eigenvalue weighted by Crippen LogP contribution is -2.07. The Kier molecular flexibility index (Phi) is 4.20. The van der Waals surface area contributed by atoms with Crippen molar-refractivity contribution in [1.29, 1.82) is 0 Å². The van der Waals surface area contributed by atoms with Gasteiger partial charge in [-0.1, -0.05) is 23.7 Å². The van der Waals surface area contributed by atoms with Crippen molar-refractivity contribution in [2.75, 3.05) is 5.32 Å². The average molecular weight is 295 g/mol. The van der Waals surface area contributed by atoms with E-state index in [9.17, 15) is 14.5 Å². The number of nitrogens with one attached hydrogen (secondary N) is 1. The molecule has 6 heteroatoms. The summed E-state index contributed by atoms with van der Waals surface area (Å²) in [5.41, 5.74) is 1.33. The molecule has 0 amide bonds. The van der Waals surface area contributed by atoms with Crippen molar-refractivity contribution in [3.8, 4) is 0 Å². The molecule has 0 saturated carbocycles. The number of non-ortho nitro benzene ring substituents is 1. The first-order valence-electron chi connectivity index (χ1n) is 5.93. The standard InChI is InChI=1S/C14H12ClFN2O2/c1-9(10-3-2-4-12(7-10)18(19)20)17-11-5-6-13(15)14(16)8-11/h2-9,17H,1H3. The normalized spacial score (nSPS) is 11.9. The van der Waals surface area contributed by atoms with Crippen LogP contribution in [-0.4, -0.2) is 4.92 Å². The summed E-state index contributed by atoms with van der Waals surface area (Å²) in [6.07, 6.45) is 0. The van der Waals surface area contributed by atoms with E-state index in [-0.39, 0.29) is 16.8 Å².